The highest BCUT2D eigenvalue weighted by atomic mass is 32.1. The lowest BCUT2D eigenvalue weighted by Gasteiger charge is -2.25. The van der Waals surface area contributed by atoms with Crippen molar-refractivity contribution in [1.82, 2.24) is 14.5 Å². The Morgan fingerprint density at radius 3 is 2.93 bits per heavy atom. The van der Waals surface area contributed by atoms with Crippen LogP contribution in [-0.2, 0) is 24.8 Å². The summed E-state index contributed by atoms with van der Waals surface area (Å²) in [6.07, 6.45) is 8.25. The highest BCUT2D eigenvalue weighted by molar-refractivity contribution is 7.09. The second-order valence-corrected chi connectivity index (χ2v) is 8.66. The molecule has 6 heteroatoms. The topological polar surface area (TPSA) is 51.0 Å². The summed E-state index contributed by atoms with van der Waals surface area (Å²) in [5, 5.41) is 2.97. The van der Waals surface area contributed by atoms with Crippen LogP contribution >= 0.6 is 11.3 Å². The fourth-order valence-corrected chi connectivity index (χ4v) is 4.61. The fraction of sp³-hybridized carbons (Fsp3) is 0.409. The van der Waals surface area contributed by atoms with Crippen molar-refractivity contribution in [2.24, 2.45) is 7.05 Å². The van der Waals surface area contributed by atoms with Gasteiger partial charge in [-0.2, -0.15) is 0 Å². The predicted octanol–water partition coefficient (Wildman–Crippen LogP) is 4.65. The first-order chi connectivity index (χ1) is 13.5. The number of aromatic nitrogens is 3. The van der Waals surface area contributed by atoms with E-state index in [0.29, 0.717) is 18.9 Å². The van der Waals surface area contributed by atoms with E-state index < -0.39 is 0 Å². The largest absolute Gasteiger partial charge is 0.337 e. The Bertz CT molecular complexity index is 963. The zero-order chi connectivity index (χ0) is 19.7. The van der Waals surface area contributed by atoms with Gasteiger partial charge in [0, 0.05) is 49.0 Å². The van der Waals surface area contributed by atoms with E-state index in [-0.39, 0.29) is 11.8 Å². The lowest BCUT2D eigenvalue weighted by atomic mass is 10.0. The highest BCUT2D eigenvalue weighted by Crippen LogP contribution is 2.36. The van der Waals surface area contributed by atoms with Crippen LogP contribution in [0.4, 0.5) is 5.69 Å². The zero-order valence-corrected chi connectivity index (χ0v) is 17.4. The summed E-state index contributed by atoms with van der Waals surface area (Å²) in [5.74, 6) is 1.64. The summed E-state index contributed by atoms with van der Waals surface area (Å²) in [6, 6.07) is 6.49. The molecule has 0 fully saturated rings. The number of hydrogen-bond donors (Lipinski definition) is 0. The van der Waals surface area contributed by atoms with Gasteiger partial charge in [0.2, 0.25) is 5.91 Å². The SMILES string of the molecule is C[C@H](CC(=O)N(Cc1nccn1C)c1ccc2c(c1)[C@@H](C)CC2)c1nccs1. The normalized spacial score (nSPS) is 16.8. The number of anilines is 1. The molecule has 2 aromatic heterocycles. The van der Waals surface area contributed by atoms with Gasteiger partial charge in [-0.1, -0.05) is 19.9 Å². The van der Waals surface area contributed by atoms with Crippen LogP contribution in [0.2, 0.25) is 0 Å². The average Bonchev–Trinajstić information content (AvgIpc) is 3.42. The minimum absolute atomic E-state index is 0.102. The molecule has 0 aliphatic heterocycles. The highest BCUT2D eigenvalue weighted by Gasteiger charge is 2.25. The van der Waals surface area contributed by atoms with Crippen molar-refractivity contribution in [3.8, 4) is 0 Å². The first-order valence-corrected chi connectivity index (χ1v) is 10.7. The molecule has 146 valence electrons. The van der Waals surface area contributed by atoms with Crippen LogP contribution in [0.5, 0.6) is 0 Å². The molecular weight excluding hydrogens is 368 g/mol. The summed E-state index contributed by atoms with van der Waals surface area (Å²) in [4.78, 5) is 24.0. The molecule has 3 aromatic rings. The second kappa shape index (κ2) is 7.87. The third-order valence-electron chi connectivity index (χ3n) is 5.69. The van der Waals surface area contributed by atoms with Crippen LogP contribution in [0.25, 0.3) is 0 Å². The predicted molar refractivity (Wildman–Crippen MR) is 113 cm³/mol. The Kier molecular flexibility index (Phi) is 5.31. The van der Waals surface area contributed by atoms with Gasteiger partial charge in [0.05, 0.1) is 11.6 Å². The molecule has 2 atom stereocenters. The van der Waals surface area contributed by atoms with Crippen molar-refractivity contribution in [1.29, 1.82) is 0 Å². The van der Waals surface area contributed by atoms with Crippen LogP contribution in [0.1, 0.15) is 60.5 Å². The quantitative estimate of drug-likeness (QED) is 0.611. The van der Waals surface area contributed by atoms with Gasteiger partial charge in [-0.3, -0.25) is 4.79 Å². The molecule has 0 saturated heterocycles. The number of amides is 1. The van der Waals surface area contributed by atoms with Crippen LogP contribution in [0, 0.1) is 0 Å². The number of benzene rings is 1. The fourth-order valence-electron chi connectivity index (χ4n) is 3.92. The first-order valence-electron chi connectivity index (χ1n) is 9.81. The van der Waals surface area contributed by atoms with Gasteiger partial charge in [0.1, 0.15) is 5.82 Å². The number of carbonyl (C=O) groups excluding carboxylic acids is 1. The average molecular weight is 395 g/mol. The maximum Gasteiger partial charge on any atom is 0.228 e. The van der Waals surface area contributed by atoms with Crippen molar-refractivity contribution in [3.05, 3.63) is 64.1 Å². The molecule has 4 rings (SSSR count). The van der Waals surface area contributed by atoms with Gasteiger partial charge in [-0.05, 0) is 42.0 Å². The Labute approximate surface area is 170 Å². The van der Waals surface area contributed by atoms with E-state index in [4.69, 9.17) is 0 Å². The molecule has 0 saturated carbocycles. The lowest BCUT2D eigenvalue weighted by Crippen LogP contribution is -2.32. The lowest BCUT2D eigenvalue weighted by molar-refractivity contribution is -0.119. The van der Waals surface area contributed by atoms with E-state index in [9.17, 15) is 4.79 Å². The molecule has 1 aliphatic carbocycles. The van der Waals surface area contributed by atoms with E-state index in [0.717, 1.165) is 22.9 Å². The molecule has 1 aromatic carbocycles. The Morgan fingerprint density at radius 2 is 2.21 bits per heavy atom. The van der Waals surface area contributed by atoms with Crippen LogP contribution in [-0.4, -0.2) is 20.4 Å². The number of carbonyl (C=O) groups is 1. The maximum atomic E-state index is 13.3. The summed E-state index contributed by atoms with van der Waals surface area (Å²) < 4.78 is 1.97. The monoisotopic (exact) mass is 394 g/mol. The summed E-state index contributed by atoms with van der Waals surface area (Å²) in [6.45, 7) is 4.81. The maximum absolute atomic E-state index is 13.3. The third kappa shape index (κ3) is 3.74. The Morgan fingerprint density at radius 1 is 1.36 bits per heavy atom. The number of imidazole rings is 1. The minimum atomic E-state index is 0.102. The van der Waals surface area contributed by atoms with E-state index in [1.54, 1.807) is 23.7 Å². The third-order valence-corrected chi connectivity index (χ3v) is 6.70. The van der Waals surface area contributed by atoms with E-state index in [1.165, 1.54) is 17.5 Å². The van der Waals surface area contributed by atoms with Crippen molar-refractivity contribution in [2.75, 3.05) is 4.90 Å². The van der Waals surface area contributed by atoms with Crippen LogP contribution < -0.4 is 4.90 Å². The molecule has 0 spiro atoms. The second-order valence-electron chi connectivity index (χ2n) is 7.73. The summed E-state index contributed by atoms with van der Waals surface area (Å²) >= 11 is 1.61. The molecule has 0 bridgehead atoms. The zero-order valence-electron chi connectivity index (χ0n) is 16.6. The molecule has 1 aliphatic rings. The number of fused-ring (bicyclic) bond motifs is 1. The van der Waals surface area contributed by atoms with Gasteiger partial charge in [-0.15, -0.1) is 11.3 Å². The number of rotatable bonds is 6. The smallest absolute Gasteiger partial charge is 0.228 e. The summed E-state index contributed by atoms with van der Waals surface area (Å²) in [5.41, 5.74) is 3.76. The first kappa shape index (κ1) is 18.9. The molecule has 2 heterocycles. The van der Waals surface area contributed by atoms with Crippen LogP contribution in [0.3, 0.4) is 0 Å². The molecule has 0 radical (unpaired) electrons. The van der Waals surface area contributed by atoms with Gasteiger partial charge < -0.3 is 9.47 Å². The molecular formula is C22H26N4OS. The Hall–Kier alpha value is -2.47. The molecule has 5 nitrogen and oxygen atoms in total. The van der Waals surface area contributed by atoms with E-state index in [1.807, 2.05) is 28.1 Å². The van der Waals surface area contributed by atoms with E-state index >= 15 is 0 Å². The van der Waals surface area contributed by atoms with Gasteiger partial charge in [0.15, 0.2) is 0 Å². The Balaban J connectivity index is 1.63. The minimum Gasteiger partial charge on any atom is -0.337 e. The van der Waals surface area contributed by atoms with Crippen LogP contribution in [0.15, 0.2) is 42.2 Å². The molecule has 1 amide bonds. The molecule has 28 heavy (non-hydrogen) atoms. The van der Waals surface area contributed by atoms with Gasteiger partial charge in [0.25, 0.3) is 0 Å². The molecule has 0 N–H and O–H groups in total. The number of hydrogen-bond acceptors (Lipinski definition) is 4. The standard InChI is InChI=1S/C22H26N4OS/c1-15-4-5-17-6-7-18(13-19(15)17)26(14-20-23-8-10-25(20)3)21(27)12-16(2)22-24-9-11-28-22/h6-11,13,15-16H,4-5,12,14H2,1-3H3/t15-,16+/m0/s1. The number of nitrogens with zero attached hydrogens (tertiary/aromatic N) is 4. The van der Waals surface area contributed by atoms with Crippen molar-refractivity contribution in [2.45, 2.75) is 51.5 Å². The van der Waals surface area contributed by atoms with Crippen molar-refractivity contribution in [3.63, 3.8) is 0 Å². The van der Waals surface area contributed by atoms with Crippen molar-refractivity contribution >= 4 is 22.9 Å². The molecule has 0 unspecified atom stereocenters. The summed E-state index contributed by atoms with van der Waals surface area (Å²) in [7, 11) is 1.97. The number of thiazole rings is 1. The van der Waals surface area contributed by atoms with Gasteiger partial charge >= 0.3 is 0 Å². The van der Waals surface area contributed by atoms with Crippen molar-refractivity contribution < 1.29 is 4.79 Å². The van der Waals surface area contributed by atoms with Gasteiger partial charge in [-0.25, -0.2) is 9.97 Å². The van der Waals surface area contributed by atoms with E-state index in [2.05, 4.69) is 42.0 Å². The number of aryl methyl sites for hydroxylation is 2.